The second-order valence-electron chi connectivity index (χ2n) is 5.15. The first-order chi connectivity index (χ1) is 6.08. The normalized spacial score (nSPS) is 23.8. The third-order valence-electron chi connectivity index (χ3n) is 3.93. The van der Waals surface area contributed by atoms with Crippen molar-refractivity contribution < 1.29 is 0 Å². The number of piperidine rings is 1. The highest BCUT2D eigenvalue weighted by atomic mass is 15.1. The van der Waals surface area contributed by atoms with Crippen LogP contribution in [0, 0.1) is 11.3 Å². The van der Waals surface area contributed by atoms with Gasteiger partial charge in [-0.25, -0.2) is 0 Å². The van der Waals surface area contributed by atoms with E-state index >= 15 is 0 Å². The van der Waals surface area contributed by atoms with Crippen LogP contribution in [0.5, 0.6) is 0 Å². The minimum Gasteiger partial charge on any atom is -0.303 e. The maximum Gasteiger partial charge on any atom is -0.00134 e. The van der Waals surface area contributed by atoms with Crippen LogP contribution >= 0.6 is 0 Å². The van der Waals surface area contributed by atoms with Gasteiger partial charge in [0.05, 0.1) is 0 Å². The summed E-state index contributed by atoms with van der Waals surface area (Å²) >= 11 is 0. The Hall–Kier alpha value is -0.0400. The summed E-state index contributed by atoms with van der Waals surface area (Å²) in [4.78, 5) is 2.62. The van der Waals surface area contributed by atoms with Crippen molar-refractivity contribution in [3.63, 3.8) is 0 Å². The van der Waals surface area contributed by atoms with Gasteiger partial charge in [-0.15, -0.1) is 0 Å². The molecule has 0 radical (unpaired) electrons. The van der Waals surface area contributed by atoms with E-state index in [2.05, 4.69) is 32.6 Å². The summed E-state index contributed by atoms with van der Waals surface area (Å²) in [6.07, 6.45) is 4.09. The van der Waals surface area contributed by atoms with Crippen molar-refractivity contribution in [1.29, 1.82) is 0 Å². The molecular formula is C12H25N. The van der Waals surface area contributed by atoms with E-state index in [-0.39, 0.29) is 0 Å². The molecule has 1 aliphatic rings. The van der Waals surface area contributed by atoms with Gasteiger partial charge in [0.2, 0.25) is 0 Å². The molecule has 78 valence electrons. The molecule has 1 fully saturated rings. The zero-order valence-electron chi connectivity index (χ0n) is 9.77. The van der Waals surface area contributed by atoms with Crippen molar-refractivity contribution in [2.45, 2.75) is 47.0 Å². The van der Waals surface area contributed by atoms with Gasteiger partial charge in [0.25, 0.3) is 0 Å². The van der Waals surface area contributed by atoms with Crippen LogP contribution in [0.4, 0.5) is 0 Å². The van der Waals surface area contributed by atoms with Crippen molar-refractivity contribution in [2.75, 3.05) is 19.6 Å². The third-order valence-corrected chi connectivity index (χ3v) is 3.93. The molecule has 1 nitrogen and oxygen atoms in total. The topological polar surface area (TPSA) is 3.24 Å². The molecule has 1 heteroatoms. The number of rotatable bonds is 3. The molecule has 1 heterocycles. The minimum absolute atomic E-state index is 0.615. The van der Waals surface area contributed by atoms with Gasteiger partial charge in [-0.3, -0.25) is 0 Å². The Kier molecular flexibility index (Phi) is 3.78. The average molecular weight is 183 g/mol. The number of likely N-dealkylation sites (tertiary alicyclic amines) is 1. The van der Waals surface area contributed by atoms with Crippen molar-refractivity contribution in [1.82, 2.24) is 4.90 Å². The Morgan fingerprint density at radius 2 is 1.77 bits per heavy atom. The first kappa shape index (κ1) is 11.0. The van der Waals surface area contributed by atoms with Gasteiger partial charge >= 0.3 is 0 Å². The van der Waals surface area contributed by atoms with Gasteiger partial charge in [-0.2, -0.15) is 0 Å². The summed E-state index contributed by atoms with van der Waals surface area (Å²) in [6.45, 7) is 13.4. The van der Waals surface area contributed by atoms with Crippen LogP contribution < -0.4 is 0 Å². The second-order valence-corrected chi connectivity index (χ2v) is 5.15. The van der Waals surface area contributed by atoms with Crippen LogP contribution in [0.2, 0.25) is 0 Å². The lowest BCUT2D eigenvalue weighted by molar-refractivity contribution is 0.0784. The summed E-state index contributed by atoms with van der Waals surface area (Å²) in [5, 5.41) is 0. The Labute approximate surface area is 83.5 Å². The molecule has 0 saturated carbocycles. The quantitative estimate of drug-likeness (QED) is 0.649. The van der Waals surface area contributed by atoms with Crippen LogP contribution in [0.1, 0.15) is 47.0 Å². The lowest BCUT2D eigenvalue weighted by atomic mass is 9.72. The molecule has 0 bridgehead atoms. The molecule has 13 heavy (non-hydrogen) atoms. The van der Waals surface area contributed by atoms with E-state index in [1.807, 2.05) is 0 Å². The fraction of sp³-hybridized carbons (Fsp3) is 1.00. The average Bonchev–Trinajstić information content (AvgIpc) is 2.09. The Bertz CT molecular complexity index is 143. The lowest BCUT2D eigenvalue weighted by Gasteiger charge is -2.42. The minimum atomic E-state index is 0.615. The standard InChI is InChI=1S/C12H25N/c1-5-8-13-9-6-12(4,7-10-13)11(2)3/h11H,5-10H2,1-4H3. The van der Waals surface area contributed by atoms with E-state index in [0.717, 1.165) is 5.92 Å². The van der Waals surface area contributed by atoms with Crippen molar-refractivity contribution >= 4 is 0 Å². The van der Waals surface area contributed by atoms with Crippen LogP contribution in [0.25, 0.3) is 0 Å². The Balaban J connectivity index is 2.37. The molecule has 0 aliphatic carbocycles. The molecule has 0 unspecified atom stereocenters. The molecule has 0 aromatic carbocycles. The molecule has 1 aliphatic heterocycles. The van der Waals surface area contributed by atoms with Gasteiger partial charge in [-0.05, 0) is 50.2 Å². The van der Waals surface area contributed by atoms with Gasteiger partial charge in [-0.1, -0.05) is 27.7 Å². The Morgan fingerprint density at radius 3 is 2.15 bits per heavy atom. The van der Waals surface area contributed by atoms with E-state index < -0.39 is 0 Å². The highest BCUT2D eigenvalue weighted by Crippen LogP contribution is 2.37. The predicted octanol–water partition coefficient (Wildman–Crippen LogP) is 3.15. The lowest BCUT2D eigenvalue weighted by Crippen LogP contribution is -2.41. The fourth-order valence-electron chi connectivity index (χ4n) is 2.18. The maximum atomic E-state index is 2.62. The molecule has 1 saturated heterocycles. The zero-order chi connectivity index (χ0) is 9.90. The summed E-state index contributed by atoms with van der Waals surface area (Å²) < 4.78 is 0. The van der Waals surface area contributed by atoms with Crippen LogP contribution in [0.3, 0.4) is 0 Å². The highest BCUT2D eigenvalue weighted by Gasteiger charge is 2.32. The van der Waals surface area contributed by atoms with Gasteiger partial charge in [0.15, 0.2) is 0 Å². The summed E-state index contributed by atoms with van der Waals surface area (Å²) in [5.74, 6) is 0.844. The second kappa shape index (κ2) is 4.45. The molecular weight excluding hydrogens is 158 g/mol. The summed E-state index contributed by atoms with van der Waals surface area (Å²) in [5.41, 5.74) is 0.615. The fourth-order valence-corrected chi connectivity index (χ4v) is 2.18. The summed E-state index contributed by atoms with van der Waals surface area (Å²) in [6, 6.07) is 0. The van der Waals surface area contributed by atoms with Gasteiger partial charge in [0, 0.05) is 0 Å². The molecule has 1 rings (SSSR count). The molecule has 0 aromatic heterocycles. The van der Waals surface area contributed by atoms with E-state index in [9.17, 15) is 0 Å². The van der Waals surface area contributed by atoms with Crippen molar-refractivity contribution in [3.05, 3.63) is 0 Å². The van der Waals surface area contributed by atoms with Crippen molar-refractivity contribution in [2.24, 2.45) is 11.3 Å². The molecule has 0 amide bonds. The number of nitrogens with zero attached hydrogens (tertiary/aromatic N) is 1. The molecule has 0 aromatic rings. The smallest absolute Gasteiger partial charge is 0.00134 e. The largest absolute Gasteiger partial charge is 0.303 e. The van der Waals surface area contributed by atoms with E-state index in [0.29, 0.717) is 5.41 Å². The predicted molar refractivity (Wildman–Crippen MR) is 58.9 cm³/mol. The monoisotopic (exact) mass is 183 g/mol. The van der Waals surface area contributed by atoms with E-state index in [4.69, 9.17) is 0 Å². The van der Waals surface area contributed by atoms with Crippen LogP contribution in [-0.2, 0) is 0 Å². The van der Waals surface area contributed by atoms with Crippen molar-refractivity contribution in [3.8, 4) is 0 Å². The van der Waals surface area contributed by atoms with E-state index in [1.54, 1.807) is 0 Å². The number of hydrogen-bond donors (Lipinski definition) is 0. The van der Waals surface area contributed by atoms with Crippen LogP contribution in [-0.4, -0.2) is 24.5 Å². The molecule has 0 N–H and O–H groups in total. The first-order valence-corrected chi connectivity index (χ1v) is 5.81. The number of hydrogen-bond acceptors (Lipinski definition) is 1. The first-order valence-electron chi connectivity index (χ1n) is 5.81. The van der Waals surface area contributed by atoms with Crippen LogP contribution in [0.15, 0.2) is 0 Å². The molecule has 0 spiro atoms. The zero-order valence-corrected chi connectivity index (χ0v) is 9.77. The van der Waals surface area contributed by atoms with Gasteiger partial charge in [0.1, 0.15) is 0 Å². The summed E-state index contributed by atoms with van der Waals surface area (Å²) in [7, 11) is 0. The van der Waals surface area contributed by atoms with E-state index in [1.165, 1.54) is 38.9 Å². The third kappa shape index (κ3) is 2.70. The maximum absolute atomic E-state index is 2.62. The Morgan fingerprint density at radius 1 is 1.23 bits per heavy atom. The SMILES string of the molecule is CCCN1CCC(C)(C(C)C)CC1. The molecule has 0 atom stereocenters. The van der Waals surface area contributed by atoms with Gasteiger partial charge < -0.3 is 4.90 Å². The highest BCUT2D eigenvalue weighted by molar-refractivity contribution is 4.84.